The minimum atomic E-state index is -4.13. The number of esters is 1. The van der Waals surface area contributed by atoms with Crippen LogP contribution >= 0.6 is 11.3 Å². The molecule has 0 saturated carbocycles. The Morgan fingerprint density at radius 1 is 1.21 bits per heavy atom. The van der Waals surface area contributed by atoms with Crippen LogP contribution in [0, 0.1) is 18.6 Å². The number of fused-ring (bicyclic) bond motifs is 1. The fourth-order valence-electron chi connectivity index (χ4n) is 2.55. The second-order valence-electron chi connectivity index (χ2n) is 5.89. The molecule has 6 nitrogen and oxygen atoms in total. The van der Waals surface area contributed by atoms with Crippen molar-refractivity contribution in [3.8, 4) is 0 Å². The smallest absolute Gasteiger partial charge is 0.326 e. The number of thiazole rings is 1. The minimum absolute atomic E-state index is 0.0510. The summed E-state index contributed by atoms with van der Waals surface area (Å²) in [6.07, 6.45) is 0. The first kappa shape index (κ1) is 20.2. The van der Waals surface area contributed by atoms with Crippen molar-refractivity contribution in [2.24, 2.45) is 4.40 Å². The van der Waals surface area contributed by atoms with Crippen LogP contribution in [-0.2, 0) is 26.1 Å². The van der Waals surface area contributed by atoms with Gasteiger partial charge in [0, 0.05) is 6.07 Å². The molecule has 0 radical (unpaired) electrons. The number of ether oxygens (including phenoxy) is 1. The molecule has 0 bridgehead atoms. The van der Waals surface area contributed by atoms with Crippen molar-refractivity contribution < 1.29 is 26.7 Å². The molecular formula is C18H16F2N2O4S2. The number of carbonyl (C=O) groups is 1. The van der Waals surface area contributed by atoms with E-state index in [2.05, 4.69) is 4.40 Å². The maximum Gasteiger partial charge on any atom is 0.326 e. The summed E-state index contributed by atoms with van der Waals surface area (Å²) in [6, 6.07) is 7.76. The molecule has 148 valence electrons. The van der Waals surface area contributed by atoms with E-state index >= 15 is 0 Å². The number of aromatic nitrogens is 1. The number of hydrogen-bond donors (Lipinski definition) is 0. The highest BCUT2D eigenvalue weighted by atomic mass is 32.2. The fraction of sp³-hybridized carbons (Fsp3) is 0.222. The predicted octanol–water partition coefficient (Wildman–Crippen LogP) is 3.14. The van der Waals surface area contributed by atoms with Crippen LogP contribution < -0.4 is 4.80 Å². The van der Waals surface area contributed by atoms with E-state index in [9.17, 15) is 22.0 Å². The molecule has 0 N–H and O–H groups in total. The van der Waals surface area contributed by atoms with Crippen LogP contribution in [-0.4, -0.2) is 25.6 Å². The first-order valence-corrected chi connectivity index (χ1v) is 10.5. The lowest BCUT2D eigenvalue weighted by Crippen LogP contribution is -2.23. The summed E-state index contributed by atoms with van der Waals surface area (Å²) < 4.78 is 63.1. The van der Waals surface area contributed by atoms with Gasteiger partial charge in [0.25, 0.3) is 10.0 Å². The largest absolute Gasteiger partial charge is 0.465 e. The van der Waals surface area contributed by atoms with Gasteiger partial charge in [-0.1, -0.05) is 29.0 Å². The normalized spacial score (nSPS) is 12.5. The van der Waals surface area contributed by atoms with Gasteiger partial charge in [-0.2, -0.15) is 8.42 Å². The van der Waals surface area contributed by atoms with E-state index in [4.69, 9.17) is 4.74 Å². The Morgan fingerprint density at radius 3 is 2.54 bits per heavy atom. The average molecular weight is 426 g/mol. The van der Waals surface area contributed by atoms with Crippen LogP contribution in [0.25, 0.3) is 10.2 Å². The first-order valence-electron chi connectivity index (χ1n) is 8.23. The molecular weight excluding hydrogens is 410 g/mol. The molecule has 0 amide bonds. The Labute approximate surface area is 163 Å². The summed E-state index contributed by atoms with van der Waals surface area (Å²) >= 11 is 0.766. The molecule has 0 spiro atoms. The summed E-state index contributed by atoms with van der Waals surface area (Å²) in [5, 5.41) is 0. The van der Waals surface area contributed by atoms with Crippen molar-refractivity contribution in [1.29, 1.82) is 0 Å². The molecule has 3 aromatic rings. The lowest BCUT2D eigenvalue weighted by atomic mass is 10.2. The van der Waals surface area contributed by atoms with E-state index in [0.29, 0.717) is 6.07 Å². The molecule has 0 aliphatic heterocycles. The van der Waals surface area contributed by atoms with Crippen molar-refractivity contribution in [3.05, 3.63) is 58.4 Å². The lowest BCUT2D eigenvalue weighted by molar-refractivity contribution is -0.143. The SMILES string of the molecule is CCOC(=O)Cn1c(=NS(=O)(=O)c2ccc(C)cc2)sc2cc(F)cc(F)c21. The van der Waals surface area contributed by atoms with Gasteiger partial charge in [-0.05, 0) is 32.0 Å². The number of benzene rings is 2. The molecule has 28 heavy (non-hydrogen) atoms. The zero-order valence-electron chi connectivity index (χ0n) is 15.0. The summed E-state index contributed by atoms with van der Waals surface area (Å²) in [6.45, 7) is 3.06. The average Bonchev–Trinajstić information content (AvgIpc) is 2.91. The van der Waals surface area contributed by atoms with Gasteiger partial charge in [-0.3, -0.25) is 4.79 Å². The minimum Gasteiger partial charge on any atom is -0.465 e. The van der Waals surface area contributed by atoms with Crippen LogP contribution in [0.15, 0.2) is 45.7 Å². The summed E-state index contributed by atoms with van der Waals surface area (Å²) in [4.78, 5) is 11.7. The van der Waals surface area contributed by atoms with E-state index in [-0.39, 0.29) is 26.5 Å². The Balaban J connectivity index is 2.24. The third kappa shape index (κ3) is 4.12. The highest BCUT2D eigenvalue weighted by Crippen LogP contribution is 2.23. The van der Waals surface area contributed by atoms with Gasteiger partial charge >= 0.3 is 5.97 Å². The second kappa shape index (κ2) is 7.80. The van der Waals surface area contributed by atoms with Gasteiger partial charge in [-0.25, -0.2) is 8.78 Å². The third-order valence-corrected chi connectivity index (χ3v) is 6.23. The Kier molecular flexibility index (Phi) is 5.61. The van der Waals surface area contributed by atoms with Crippen LogP contribution in [0.4, 0.5) is 8.78 Å². The molecule has 1 aromatic heterocycles. The van der Waals surface area contributed by atoms with E-state index in [0.717, 1.165) is 27.5 Å². The molecule has 0 aliphatic carbocycles. The molecule has 0 atom stereocenters. The first-order chi connectivity index (χ1) is 13.2. The highest BCUT2D eigenvalue weighted by molar-refractivity contribution is 7.90. The van der Waals surface area contributed by atoms with Gasteiger partial charge in [0.2, 0.25) is 4.80 Å². The van der Waals surface area contributed by atoms with Crippen LogP contribution in [0.2, 0.25) is 0 Å². The number of halogens is 2. The molecule has 2 aromatic carbocycles. The van der Waals surface area contributed by atoms with E-state index in [1.807, 2.05) is 6.92 Å². The number of carbonyl (C=O) groups excluding carboxylic acids is 1. The second-order valence-corrected chi connectivity index (χ2v) is 8.50. The number of aryl methyl sites for hydroxylation is 1. The topological polar surface area (TPSA) is 77.7 Å². The van der Waals surface area contributed by atoms with Gasteiger partial charge in [-0.15, -0.1) is 4.40 Å². The van der Waals surface area contributed by atoms with Gasteiger partial charge in [0.05, 0.1) is 21.7 Å². The molecule has 1 heterocycles. The predicted molar refractivity (Wildman–Crippen MR) is 100 cm³/mol. The maximum absolute atomic E-state index is 14.4. The Morgan fingerprint density at radius 2 is 1.89 bits per heavy atom. The van der Waals surface area contributed by atoms with Gasteiger partial charge in [0.1, 0.15) is 12.4 Å². The summed E-state index contributed by atoms with van der Waals surface area (Å²) in [5.74, 6) is -2.44. The standard InChI is InChI=1S/C18H16F2N2O4S2/c1-3-26-16(23)10-22-17-14(20)8-12(19)9-15(17)27-18(22)21-28(24,25)13-6-4-11(2)5-7-13/h4-9H,3,10H2,1-2H3. The number of nitrogens with zero attached hydrogens (tertiary/aromatic N) is 2. The molecule has 10 heteroatoms. The summed E-state index contributed by atoms with van der Waals surface area (Å²) in [5.41, 5.74) is 0.757. The van der Waals surface area contributed by atoms with Crippen molar-refractivity contribution in [1.82, 2.24) is 4.57 Å². The van der Waals surface area contributed by atoms with Gasteiger partial charge < -0.3 is 9.30 Å². The van der Waals surface area contributed by atoms with Crippen LogP contribution in [0.5, 0.6) is 0 Å². The number of sulfonamides is 1. The molecule has 0 saturated heterocycles. The van der Waals surface area contributed by atoms with E-state index in [1.54, 1.807) is 19.1 Å². The van der Waals surface area contributed by atoms with Crippen molar-refractivity contribution >= 4 is 37.5 Å². The molecule has 3 rings (SSSR count). The Bertz CT molecular complexity index is 1210. The molecule has 0 aliphatic rings. The van der Waals surface area contributed by atoms with Gasteiger partial charge in [0.15, 0.2) is 5.82 Å². The van der Waals surface area contributed by atoms with Crippen LogP contribution in [0.3, 0.4) is 0 Å². The zero-order valence-corrected chi connectivity index (χ0v) is 16.6. The van der Waals surface area contributed by atoms with Crippen molar-refractivity contribution in [2.75, 3.05) is 6.61 Å². The quantitative estimate of drug-likeness (QED) is 0.588. The van der Waals surface area contributed by atoms with Crippen LogP contribution in [0.1, 0.15) is 12.5 Å². The summed E-state index contributed by atoms with van der Waals surface area (Å²) in [7, 11) is -4.13. The Hall–Kier alpha value is -2.59. The van der Waals surface area contributed by atoms with E-state index in [1.165, 1.54) is 12.1 Å². The molecule has 0 unspecified atom stereocenters. The number of rotatable bonds is 5. The van der Waals surface area contributed by atoms with E-state index < -0.39 is 34.2 Å². The molecule has 0 fully saturated rings. The number of hydrogen-bond acceptors (Lipinski definition) is 5. The monoisotopic (exact) mass is 426 g/mol. The highest BCUT2D eigenvalue weighted by Gasteiger charge is 2.19. The zero-order chi connectivity index (χ0) is 20.5. The fourth-order valence-corrected chi connectivity index (χ4v) is 4.82. The lowest BCUT2D eigenvalue weighted by Gasteiger charge is -2.06. The van der Waals surface area contributed by atoms with Crippen molar-refractivity contribution in [3.63, 3.8) is 0 Å². The van der Waals surface area contributed by atoms with Crippen molar-refractivity contribution in [2.45, 2.75) is 25.3 Å². The maximum atomic E-state index is 14.4. The third-order valence-electron chi connectivity index (χ3n) is 3.80.